The lowest BCUT2D eigenvalue weighted by Crippen LogP contribution is -2.63. The van der Waals surface area contributed by atoms with Gasteiger partial charge < -0.3 is 0 Å². The average Bonchev–Trinajstić information content (AvgIpc) is 2.38. The van der Waals surface area contributed by atoms with Crippen molar-refractivity contribution in [2.45, 2.75) is 32.2 Å². The molecule has 106 valence electrons. The van der Waals surface area contributed by atoms with Crippen LogP contribution in [0.5, 0.6) is 0 Å². The topological polar surface area (TPSA) is 52.7 Å². The van der Waals surface area contributed by atoms with E-state index in [0.717, 1.165) is 52.0 Å². The molecule has 0 saturated carbocycles. The van der Waals surface area contributed by atoms with Gasteiger partial charge in [-0.3, -0.25) is 9.80 Å². The van der Waals surface area contributed by atoms with E-state index in [1.165, 1.54) is 0 Å². The Labute approximate surface area is 111 Å². The summed E-state index contributed by atoms with van der Waals surface area (Å²) in [5.74, 6) is 0.275. The summed E-state index contributed by atoms with van der Waals surface area (Å²) in [6.45, 7) is 8.12. The van der Waals surface area contributed by atoms with E-state index < -0.39 is 10.0 Å². The normalized spacial score (nSPS) is 31.7. The van der Waals surface area contributed by atoms with Crippen LogP contribution in [0.15, 0.2) is 0 Å². The minimum absolute atomic E-state index is 0.275. The molecule has 3 aliphatic heterocycles. The Kier molecular flexibility index (Phi) is 5.00. The molecule has 18 heavy (non-hydrogen) atoms. The zero-order valence-electron chi connectivity index (χ0n) is 11.3. The van der Waals surface area contributed by atoms with Gasteiger partial charge in [0, 0.05) is 45.3 Å². The van der Waals surface area contributed by atoms with E-state index in [0.29, 0.717) is 12.6 Å². The molecule has 3 rings (SSSR count). The molecule has 0 aromatic carbocycles. The number of unbranched alkanes of at least 4 members (excludes halogenated alkanes) is 2. The van der Waals surface area contributed by atoms with Gasteiger partial charge >= 0.3 is 0 Å². The molecule has 0 radical (unpaired) electrons. The number of piperazine rings is 3. The highest BCUT2D eigenvalue weighted by atomic mass is 32.2. The van der Waals surface area contributed by atoms with Crippen LogP contribution in [-0.4, -0.2) is 69.3 Å². The number of nitrogens with zero attached hydrogens (tertiary/aromatic N) is 2. The third-order valence-corrected chi connectivity index (χ3v) is 5.38. The lowest BCUT2D eigenvalue weighted by atomic mass is 10.1. The molecule has 0 unspecified atom stereocenters. The smallest absolute Gasteiger partial charge is 0.211 e. The van der Waals surface area contributed by atoms with Crippen molar-refractivity contribution in [2.75, 3.05) is 45.0 Å². The largest absolute Gasteiger partial charge is 0.299 e. The van der Waals surface area contributed by atoms with Crippen LogP contribution < -0.4 is 4.72 Å². The summed E-state index contributed by atoms with van der Waals surface area (Å²) in [4.78, 5) is 4.84. The first-order valence-corrected chi connectivity index (χ1v) is 8.69. The summed E-state index contributed by atoms with van der Waals surface area (Å²) in [7, 11) is -3.07. The lowest BCUT2D eigenvalue weighted by molar-refractivity contribution is 0.0158. The maximum atomic E-state index is 11.8. The Morgan fingerprint density at radius 2 is 1.89 bits per heavy atom. The molecule has 0 spiro atoms. The van der Waals surface area contributed by atoms with E-state index in [9.17, 15) is 8.42 Å². The molecule has 3 fully saturated rings. The van der Waals surface area contributed by atoms with Gasteiger partial charge in [-0.2, -0.15) is 0 Å². The second-order valence-electron chi connectivity index (χ2n) is 5.36. The van der Waals surface area contributed by atoms with Gasteiger partial charge in [0.05, 0.1) is 5.75 Å². The number of rotatable bonds is 7. The van der Waals surface area contributed by atoms with Crippen molar-refractivity contribution in [1.29, 1.82) is 0 Å². The van der Waals surface area contributed by atoms with Crippen molar-refractivity contribution in [1.82, 2.24) is 14.5 Å². The van der Waals surface area contributed by atoms with E-state index in [2.05, 4.69) is 21.4 Å². The molecule has 0 aromatic heterocycles. The van der Waals surface area contributed by atoms with Crippen LogP contribution in [-0.2, 0) is 10.0 Å². The molecule has 3 aliphatic rings. The van der Waals surface area contributed by atoms with Crippen LogP contribution in [0.4, 0.5) is 0 Å². The van der Waals surface area contributed by atoms with Crippen LogP contribution in [0.3, 0.4) is 0 Å². The average molecular weight is 275 g/mol. The highest BCUT2D eigenvalue weighted by Gasteiger charge is 2.32. The highest BCUT2D eigenvalue weighted by Crippen LogP contribution is 2.15. The first-order chi connectivity index (χ1) is 8.61. The maximum absolute atomic E-state index is 11.8. The minimum Gasteiger partial charge on any atom is -0.299 e. The number of sulfonamides is 1. The predicted molar refractivity (Wildman–Crippen MR) is 73.1 cm³/mol. The SMILES string of the molecule is CCCCCS(=O)(=O)NC[C@@H]1CN2CCN1CC2. The summed E-state index contributed by atoms with van der Waals surface area (Å²) < 4.78 is 26.4. The Bertz CT molecular complexity index is 350. The Morgan fingerprint density at radius 3 is 2.44 bits per heavy atom. The molecular weight excluding hydrogens is 250 g/mol. The van der Waals surface area contributed by atoms with Gasteiger partial charge in [0.25, 0.3) is 0 Å². The zero-order chi connectivity index (χ0) is 13.0. The summed E-state index contributed by atoms with van der Waals surface area (Å²) in [6.07, 6.45) is 2.82. The molecule has 0 aromatic rings. The van der Waals surface area contributed by atoms with Crippen LogP contribution in [0.1, 0.15) is 26.2 Å². The first kappa shape index (κ1) is 14.2. The third kappa shape index (κ3) is 3.91. The van der Waals surface area contributed by atoms with Crippen molar-refractivity contribution in [3.8, 4) is 0 Å². The second kappa shape index (κ2) is 6.32. The van der Waals surface area contributed by atoms with Crippen LogP contribution in [0.25, 0.3) is 0 Å². The van der Waals surface area contributed by atoms with Crippen molar-refractivity contribution in [3.05, 3.63) is 0 Å². The fourth-order valence-corrected chi connectivity index (χ4v) is 3.93. The fourth-order valence-electron chi connectivity index (χ4n) is 2.76. The summed E-state index contributed by atoms with van der Waals surface area (Å²) in [6, 6.07) is 0.369. The standard InChI is InChI=1S/C12H25N3O2S/c1-2-3-4-9-18(16,17)13-10-12-11-14-5-7-15(12)8-6-14/h12-13H,2-11H2,1H3/t12-/m1/s1. The van der Waals surface area contributed by atoms with Crippen LogP contribution >= 0.6 is 0 Å². The Hall–Kier alpha value is -0.170. The quantitative estimate of drug-likeness (QED) is 0.669. The number of fused-ring (bicyclic) bond motifs is 3. The van der Waals surface area contributed by atoms with Crippen molar-refractivity contribution >= 4 is 10.0 Å². The Balaban J connectivity index is 1.73. The van der Waals surface area contributed by atoms with E-state index in [-0.39, 0.29) is 5.75 Å². The lowest BCUT2D eigenvalue weighted by Gasteiger charge is -2.47. The summed E-state index contributed by atoms with van der Waals surface area (Å²) >= 11 is 0. The van der Waals surface area contributed by atoms with Crippen molar-refractivity contribution < 1.29 is 8.42 Å². The van der Waals surface area contributed by atoms with E-state index >= 15 is 0 Å². The van der Waals surface area contributed by atoms with Gasteiger partial charge in [-0.1, -0.05) is 19.8 Å². The molecule has 1 N–H and O–H groups in total. The zero-order valence-corrected chi connectivity index (χ0v) is 12.1. The summed E-state index contributed by atoms with van der Waals surface area (Å²) in [5.41, 5.74) is 0. The highest BCUT2D eigenvalue weighted by molar-refractivity contribution is 7.89. The van der Waals surface area contributed by atoms with E-state index in [1.807, 2.05) is 0 Å². The first-order valence-electron chi connectivity index (χ1n) is 7.04. The van der Waals surface area contributed by atoms with Gasteiger partial charge in [0.1, 0.15) is 0 Å². The van der Waals surface area contributed by atoms with Gasteiger partial charge in [0.15, 0.2) is 0 Å². The summed E-state index contributed by atoms with van der Waals surface area (Å²) in [5, 5.41) is 0. The number of nitrogens with one attached hydrogen (secondary N) is 1. The molecule has 6 heteroatoms. The van der Waals surface area contributed by atoms with Gasteiger partial charge in [-0.15, -0.1) is 0 Å². The van der Waals surface area contributed by atoms with Crippen LogP contribution in [0.2, 0.25) is 0 Å². The molecule has 0 aliphatic carbocycles. The number of hydrogen-bond donors (Lipinski definition) is 1. The molecule has 3 saturated heterocycles. The van der Waals surface area contributed by atoms with Crippen molar-refractivity contribution in [2.24, 2.45) is 0 Å². The third-order valence-electron chi connectivity index (χ3n) is 3.95. The monoisotopic (exact) mass is 275 g/mol. The van der Waals surface area contributed by atoms with Gasteiger partial charge in [-0.05, 0) is 6.42 Å². The predicted octanol–water partition coefficient (Wildman–Crippen LogP) is 0.0958. The van der Waals surface area contributed by atoms with Gasteiger partial charge in [-0.25, -0.2) is 13.1 Å². The molecule has 1 atom stereocenters. The minimum atomic E-state index is -3.07. The van der Waals surface area contributed by atoms with E-state index in [1.54, 1.807) is 0 Å². The molecule has 0 amide bonds. The Morgan fingerprint density at radius 1 is 1.17 bits per heavy atom. The molecule has 3 heterocycles. The molecule has 2 bridgehead atoms. The fraction of sp³-hybridized carbons (Fsp3) is 1.00. The second-order valence-corrected chi connectivity index (χ2v) is 7.29. The maximum Gasteiger partial charge on any atom is 0.211 e. The van der Waals surface area contributed by atoms with Crippen LogP contribution in [0, 0.1) is 0 Å². The van der Waals surface area contributed by atoms with Crippen molar-refractivity contribution in [3.63, 3.8) is 0 Å². The molecular formula is C12H25N3O2S. The number of hydrogen-bond acceptors (Lipinski definition) is 4. The van der Waals surface area contributed by atoms with E-state index in [4.69, 9.17) is 0 Å². The van der Waals surface area contributed by atoms with Gasteiger partial charge in [0.2, 0.25) is 10.0 Å². The molecule has 5 nitrogen and oxygen atoms in total.